The first kappa shape index (κ1) is 25.8. The molecule has 0 saturated carbocycles. The van der Waals surface area contributed by atoms with E-state index in [-0.39, 0.29) is 67.1 Å². The molecule has 0 spiro atoms. The number of ether oxygens (including phenoxy) is 1. The third-order valence-electron chi connectivity index (χ3n) is 7.33. The standard InChI is InChI=1S/C28H26BrN3O6/c1-14-8-17(20(29)11-25(14)38-2)15-9-23(33)18(24(34)10-15)12-30-21-5-3-4-16-19(21)13-32(28(16)37)22-6-7-26(35)31-27(22)36/h3-5,8,11-12,15,22,33H,6-7,9-10,13H2,1-2H3,(H,31,35,36). The van der Waals surface area contributed by atoms with Crippen LogP contribution in [-0.2, 0) is 20.9 Å². The normalized spacial score (nSPS) is 21.8. The molecule has 3 aliphatic rings. The molecule has 1 aliphatic carbocycles. The number of halogens is 1. The van der Waals surface area contributed by atoms with E-state index in [0.29, 0.717) is 16.8 Å². The van der Waals surface area contributed by atoms with Crippen LogP contribution in [0.4, 0.5) is 5.69 Å². The number of aliphatic imine (C=N–C) groups is 1. The average molecular weight is 580 g/mol. The van der Waals surface area contributed by atoms with E-state index < -0.39 is 11.9 Å². The van der Waals surface area contributed by atoms with Crippen molar-refractivity contribution >= 4 is 51.3 Å². The molecule has 196 valence electrons. The van der Waals surface area contributed by atoms with Gasteiger partial charge in [-0.25, -0.2) is 0 Å². The number of imide groups is 1. The number of hydrogen-bond donors (Lipinski definition) is 2. The van der Waals surface area contributed by atoms with Crippen molar-refractivity contribution in [2.45, 2.75) is 51.1 Å². The molecule has 2 atom stereocenters. The molecule has 2 unspecified atom stereocenters. The first-order chi connectivity index (χ1) is 18.2. The van der Waals surface area contributed by atoms with Gasteiger partial charge in [0.2, 0.25) is 11.8 Å². The fourth-order valence-corrected chi connectivity index (χ4v) is 5.97. The van der Waals surface area contributed by atoms with Crippen molar-refractivity contribution in [1.29, 1.82) is 0 Å². The largest absolute Gasteiger partial charge is 0.511 e. The van der Waals surface area contributed by atoms with Gasteiger partial charge in [0, 0.05) is 47.6 Å². The summed E-state index contributed by atoms with van der Waals surface area (Å²) in [6.07, 6.45) is 2.29. The number of Topliss-reactive ketones (excluding diaryl/α,β-unsaturated/α-hetero) is 1. The number of hydrogen-bond acceptors (Lipinski definition) is 7. The van der Waals surface area contributed by atoms with Gasteiger partial charge in [0.15, 0.2) is 5.78 Å². The molecule has 2 aromatic carbocycles. The Morgan fingerprint density at radius 3 is 2.68 bits per heavy atom. The van der Waals surface area contributed by atoms with Crippen molar-refractivity contribution in [1.82, 2.24) is 10.2 Å². The van der Waals surface area contributed by atoms with E-state index in [2.05, 4.69) is 26.2 Å². The van der Waals surface area contributed by atoms with E-state index in [4.69, 9.17) is 4.74 Å². The van der Waals surface area contributed by atoms with Crippen molar-refractivity contribution < 1.29 is 29.0 Å². The summed E-state index contributed by atoms with van der Waals surface area (Å²) >= 11 is 3.56. The molecule has 38 heavy (non-hydrogen) atoms. The van der Waals surface area contributed by atoms with Gasteiger partial charge in [-0.05, 0) is 48.6 Å². The van der Waals surface area contributed by atoms with Crippen molar-refractivity contribution in [3.8, 4) is 5.75 Å². The van der Waals surface area contributed by atoms with Crippen molar-refractivity contribution in [3.63, 3.8) is 0 Å². The number of aliphatic hydroxyl groups excluding tert-OH is 1. The first-order valence-corrected chi connectivity index (χ1v) is 13.1. The Kier molecular flexibility index (Phi) is 6.92. The molecule has 1 fully saturated rings. The zero-order valence-electron chi connectivity index (χ0n) is 20.9. The van der Waals surface area contributed by atoms with Crippen LogP contribution in [0.5, 0.6) is 5.75 Å². The summed E-state index contributed by atoms with van der Waals surface area (Å²) in [4.78, 5) is 55.9. The van der Waals surface area contributed by atoms with Crippen molar-refractivity contribution in [2.24, 2.45) is 4.99 Å². The number of aryl methyl sites for hydroxylation is 1. The maximum atomic E-state index is 13.1. The third-order valence-corrected chi connectivity index (χ3v) is 8.01. The second-order valence-electron chi connectivity index (χ2n) is 9.69. The van der Waals surface area contributed by atoms with Gasteiger partial charge < -0.3 is 14.7 Å². The maximum absolute atomic E-state index is 13.1. The lowest BCUT2D eigenvalue weighted by Crippen LogP contribution is -2.52. The van der Waals surface area contributed by atoms with E-state index in [9.17, 15) is 24.3 Å². The maximum Gasteiger partial charge on any atom is 0.255 e. The summed E-state index contributed by atoms with van der Waals surface area (Å²) in [6, 6.07) is 8.18. The molecule has 9 nitrogen and oxygen atoms in total. The SMILES string of the molecule is COc1cc(Br)c(C2CC(=O)C(C=Nc3cccc4c3CN(C3CCC(=O)NC3=O)C4=O)=C(O)C2)cc1C. The summed E-state index contributed by atoms with van der Waals surface area (Å²) in [5.74, 6) is -0.850. The van der Waals surface area contributed by atoms with E-state index in [1.165, 1.54) is 11.1 Å². The molecular weight excluding hydrogens is 554 g/mol. The van der Waals surface area contributed by atoms with Gasteiger partial charge in [0.25, 0.3) is 5.91 Å². The highest BCUT2D eigenvalue weighted by molar-refractivity contribution is 9.10. The predicted molar refractivity (Wildman–Crippen MR) is 143 cm³/mol. The summed E-state index contributed by atoms with van der Waals surface area (Å²) in [5.41, 5.74) is 3.55. The van der Waals surface area contributed by atoms with Crippen LogP contribution in [0, 0.1) is 6.92 Å². The molecular formula is C28H26BrN3O6. The minimum Gasteiger partial charge on any atom is -0.511 e. The average Bonchev–Trinajstić information content (AvgIpc) is 3.21. The minimum atomic E-state index is -0.728. The summed E-state index contributed by atoms with van der Waals surface area (Å²) in [6.45, 7) is 2.09. The number of carbonyl (C=O) groups excluding carboxylic acids is 4. The molecule has 10 heteroatoms. The highest BCUT2D eigenvalue weighted by Gasteiger charge is 2.40. The molecule has 2 aliphatic heterocycles. The highest BCUT2D eigenvalue weighted by Crippen LogP contribution is 2.40. The zero-order chi connectivity index (χ0) is 27.1. The van der Waals surface area contributed by atoms with Gasteiger partial charge in [0.05, 0.1) is 18.4 Å². The number of benzene rings is 2. The minimum absolute atomic E-state index is 0.0378. The number of ketones is 1. The number of piperidine rings is 1. The fourth-order valence-electron chi connectivity index (χ4n) is 5.32. The number of methoxy groups -OCH3 is 1. The molecule has 2 aromatic rings. The van der Waals surface area contributed by atoms with Crippen LogP contribution >= 0.6 is 15.9 Å². The molecule has 5 rings (SSSR count). The molecule has 3 amide bonds. The lowest BCUT2D eigenvalue weighted by Gasteiger charge is -2.29. The number of allylic oxidation sites excluding steroid dienone is 2. The van der Waals surface area contributed by atoms with E-state index in [1.54, 1.807) is 25.3 Å². The molecule has 0 aromatic heterocycles. The Labute approximate surface area is 227 Å². The van der Waals surface area contributed by atoms with Crippen LogP contribution in [-0.4, -0.2) is 52.9 Å². The Morgan fingerprint density at radius 2 is 1.97 bits per heavy atom. The van der Waals surface area contributed by atoms with Gasteiger partial charge in [-0.1, -0.05) is 28.1 Å². The number of nitrogens with zero attached hydrogens (tertiary/aromatic N) is 2. The molecule has 2 heterocycles. The van der Waals surface area contributed by atoms with Crippen LogP contribution < -0.4 is 10.1 Å². The quantitative estimate of drug-likeness (QED) is 0.404. The summed E-state index contributed by atoms with van der Waals surface area (Å²) in [5, 5.41) is 13.1. The Bertz CT molecular complexity index is 1450. The topological polar surface area (TPSA) is 125 Å². The van der Waals surface area contributed by atoms with Gasteiger partial charge >= 0.3 is 0 Å². The number of carbonyl (C=O) groups is 4. The van der Waals surface area contributed by atoms with Crippen LogP contribution in [0.25, 0.3) is 0 Å². The van der Waals surface area contributed by atoms with E-state index >= 15 is 0 Å². The predicted octanol–water partition coefficient (Wildman–Crippen LogP) is 4.19. The number of nitrogens with one attached hydrogen (secondary N) is 1. The van der Waals surface area contributed by atoms with Crippen LogP contribution in [0.1, 0.15) is 58.6 Å². The van der Waals surface area contributed by atoms with Gasteiger partial charge in [-0.15, -0.1) is 0 Å². The fraction of sp³-hybridized carbons (Fsp3) is 0.321. The monoisotopic (exact) mass is 579 g/mol. The van der Waals surface area contributed by atoms with E-state index in [1.807, 2.05) is 19.1 Å². The van der Waals surface area contributed by atoms with E-state index in [0.717, 1.165) is 21.3 Å². The highest BCUT2D eigenvalue weighted by atomic mass is 79.9. The van der Waals surface area contributed by atoms with Crippen LogP contribution in [0.15, 0.2) is 51.1 Å². The Hall–Kier alpha value is -3.79. The second-order valence-corrected chi connectivity index (χ2v) is 10.5. The first-order valence-electron chi connectivity index (χ1n) is 12.3. The van der Waals surface area contributed by atoms with Crippen molar-refractivity contribution in [2.75, 3.05) is 7.11 Å². The molecule has 1 saturated heterocycles. The smallest absolute Gasteiger partial charge is 0.255 e. The third kappa shape index (κ3) is 4.64. The van der Waals surface area contributed by atoms with Gasteiger partial charge in [-0.2, -0.15) is 0 Å². The molecule has 2 N–H and O–H groups in total. The Balaban J connectivity index is 1.37. The number of aliphatic hydroxyl groups is 1. The number of fused-ring (bicyclic) bond motifs is 1. The number of rotatable bonds is 5. The number of amides is 3. The van der Waals surface area contributed by atoms with Crippen LogP contribution in [0.3, 0.4) is 0 Å². The van der Waals surface area contributed by atoms with Crippen LogP contribution in [0.2, 0.25) is 0 Å². The zero-order valence-corrected chi connectivity index (χ0v) is 22.5. The molecule has 0 radical (unpaired) electrons. The molecule has 0 bridgehead atoms. The van der Waals surface area contributed by atoms with Gasteiger partial charge in [-0.3, -0.25) is 29.5 Å². The lowest BCUT2D eigenvalue weighted by molar-refractivity contribution is -0.137. The Morgan fingerprint density at radius 1 is 1.18 bits per heavy atom. The second kappa shape index (κ2) is 10.2. The van der Waals surface area contributed by atoms with Gasteiger partial charge in [0.1, 0.15) is 17.6 Å². The summed E-state index contributed by atoms with van der Waals surface area (Å²) in [7, 11) is 1.60. The lowest BCUT2D eigenvalue weighted by atomic mass is 9.82. The van der Waals surface area contributed by atoms with Crippen molar-refractivity contribution in [3.05, 3.63) is 68.4 Å². The summed E-state index contributed by atoms with van der Waals surface area (Å²) < 4.78 is 6.17.